The van der Waals surface area contributed by atoms with Crippen molar-refractivity contribution < 1.29 is 0 Å². The Balaban J connectivity index is 2.52. The van der Waals surface area contributed by atoms with E-state index in [2.05, 4.69) is 30.0 Å². The van der Waals surface area contributed by atoms with Crippen molar-refractivity contribution >= 4 is 0 Å². The second-order valence-corrected chi connectivity index (χ2v) is 3.44. The summed E-state index contributed by atoms with van der Waals surface area (Å²) in [6.45, 7) is 8.45. The summed E-state index contributed by atoms with van der Waals surface area (Å²) in [5.74, 6) is 2.81. The van der Waals surface area contributed by atoms with Crippen LogP contribution in [0.25, 0.3) is 0 Å². The number of nitrogens with one attached hydrogen (secondary N) is 1. The highest BCUT2D eigenvalue weighted by Gasteiger charge is 2.24. The van der Waals surface area contributed by atoms with Crippen molar-refractivity contribution in [2.75, 3.05) is 26.2 Å². The SMILES string of the molecule is C#CC(C)(C)N1CCNCC1. The van der Waals surface area contributed by atoms with Crippen molar-refractivity contribution in [3.63, 3.8) is 0 Å². The van der Waals surface area contributed by atoms with Gasteiger partial charge in [0.25, 0.3) is 0 Å². The first-order chi connectivity index (χ1) is 5.17. The summed E-state index contributed by atoms with van der Waals surface area (Å²) in [5, 5.41) is 3.30. The van der Waals surface area contributed by atoms with E-state index >= 15 is 0 Å². The molecule has 1 N–H and O–H groups in total. The molecule has 2 nitrogen and oxygen atoms in total. The quantitative estimate of drug-likeness (QED) is 0.544. The van der Waals surface area contributed by atoms with E-state index in [9.17, 15) is 0 Å². The average molecular weight is 152 g/mol. The highest BCUT2D eigenvalue weighted by atomic mass is 15.2. The van der Waals surface area contributed by atoms with E-state index in [1.165, 1.54) is 0 Å². The molecule has 1 rings (SSSR count). The molecule has 0 aliphatic carbocycles. The molecule has 1 aliphatic rings. The van der Waals surface area contributed by atoms with Crippen molar-refractivity contribution in [1.29, 1.82) is 0 Å². The molecule has 1 aliphatic heterocycles. The number of terminal acetylenes is 1. The van der Waals surface area contributed by atoms with Gasteiger partial charge in [0.1, 0.15) is 0 Å². The Morgan fingerprint density at radius 3 is 2.36 bits per heavy atom. The second-order valence-electron chi connectivity index (χ2n) is 3.44. The minimum Gasteiger partial charge on any atom is -0.314 e. The Labute approximate surface area is 69.0 Å². The van der Waals surface area contributed by atoms with Crippen molar-refractivity contribution in [1.82, 2.24) is 10.2 Å². The van der Waals surface area contributed by atoms with E-state index in [1.807, 2.05) is 0 Å². The van der Waals surface area contributed by atoms with Crippen LogP contribution < -0.4 is 5.32 Å². The van der Waals surface area contributed by atoms with Gasteiger partial charge in [0.2, 0.25) is 0 Å². The highest BCUT2D eigenvalue weighted by Crippen LogP contribution is 2.12. The topological polar surface area (TPSA) is 15.3 Å². The number of rotatable bonds is 1. The number of hydrogen-bond acceptors (Lipinski definition) is 2. The van der Waals surface area contributed by atoms with Gasteiger partial charge in [0.15, 0.2) is 0 Å². The molecule has 0 aromatic carbocycles. The third-order valence-corrected chi connectivity index (χ3v) is 2.26. The molecule has 0 bridgehead atoms. The molecule has 62 valence electrons. The predicted octanol–water partition coefficient (Wildman–Crippen LogP) is 0.303. The smallest absolute Gasteiger partial charge is 0.0767 e. The van der Waals surface area contributed by atoms with Gasteiger partial charge in [-0.2, -0.15) is 0 Å². The minimum atomic E-state index is -0.0674. The summed E-state index contributed by atoms with van der Waals surface area (Å²) < 4.78 is 0. The van der Waals surface area contributed by atoms with Crippen LogP contribution in [0.4, 0.5) is 0 Å². The third kappa shape index (κ3) is 1.95. The molecular weight excluding hydrogens is 136 g/mol. The molecule has 1 heterocycles. The van der Waals surface area contributed by atoms with E-state index in [4.69, 9.17) is 6.42 Å². The Morgan fingerprint density at radius 1 is 1.36 bits per heavy atom. The molecule has 0 radical (unpaired) electrons. The van der Waals surface area contributed by atoms with Crippen LogP contribution in [0.15, 0.2) is 0 Å². The molecule has 1 saturated heterocycles. The van der Waals surface area contributed by atoms with Gasteiger partial charge in [-0.15, -0.1) is 6.42 Å². The lowest BCUT2D eigenvalue weighted by Crippen LogP contribution is -2.52. The standard InChI is InChI=1S/C9H16N2/c1-4-9(2,3)11-7-5-10-6-8-11/h1,10H,5-8H2,2-3H3. The van der Waals surface area contributed by atoms with Crippen LogP contribution in [0.1, 0.15) is 13.8 Å². The zero-order valence-corrected chi connectivity index (χ0v) is 7.35. The summed E-state index contributed by atoms with van der Waals surface area (Å²) in [6.07, 6.45) is 5.43. The Kier molecular flexibility index (Phi) is 2.53. The fraction of sp³-hybridized carbons (Fsp3) is 0.778. The number of nitrogens with zero attached hydrogens (tertiary/aromatic N) is 1. The largest absolute Gasteiger partial charge is 0.314 e. The maximum absolute atomic E-state index is 5.43. The summed E-state index contributed by atoms with van der Waals surface area (Å²) >= 11 is 0. The van der Waals surface area contributed by atoms with Gasteiger partial charge in [0, 0.05) is 26.2 Å². The zero-order chi connectivity index (χ0) is 8.32. The lowest BCUT2D eigenvalue weighted by Gasteiger charge is -2.37. The van der Waals surface area contributed by atoms with E-state index in [0.717, 1.165) is 26.2 Å². The fourth-order valence-corrected chi connectivity index (χ4v) is 1.32. The Hall–Kier alpha value is -0.520. The average Bonchev–Trinajstić information content (AvgIpc) is 2.06. The molecule has 0 atom stereocenters. The molecule has 0 spiro atoms. The van der Waals surface area contributed by atoms with Crippen molar-refractivity contribution in [3.05, 3.63) is 0 Å². The third-order valence-electron chi connectivity index (χ3n) is 2.26. The first-order valence-corrected chi connectivity index (χ1v) is 4.10. The summed E-state index contributed by atoms with van der Waals surface area (Å²) in [4.78, 5) is 2.34. The first-order valence-electron chi connectivity index (χ1n) is 4.10. The van der Waals surface area contributed by atoms with Crippen LogP contribution in [-0.2, 0) is 0 Å². The second kappa shape index (κ2) is 3.25. The lowest BCUT2D eigenvalue weighted by molar-refractivity contribution is 0.149. The van der Waals surface area contributed by atoms with Gasteiger partial charge >= 0.3 is 0 Å². The lowest BCUT2D eigenvalue weighted by atomic mass is 10.0. The fourth-order valence-electron chi connectivity index (χ4n) is 1.32. The summed E-state index contributed by atoms with van der Waals surface area (Å²) in [6, 6.07) is 0. The van der Waals surface area contributed by atoms with Gasteiger partial charge in [-0.3, -0.25) is 4.90 Å². The van der Waals surface area contributed by atoms with Crippen LogP contribution >= 0.6 is 0 Å². The zero-order valence-electron chi connectivity index (χ0n) is 7.35. The number of piperazine rings is 1. The van der Waals surface area contributed by atoms with Crippen LogP contribution in [0, 0.1) is 12.3 Å². The van der Waals surface area contributed by atoms with Gasteiger partial charge < -0.3 is 5.32 Å². The molecular formula is C9H16N2. The molecule has 0 unspecified atom stereocenters. The predicted molar refractivity (Wildman–Crippen MR) is 47.4 cm³/mol. The van der Waals surface area contributed by atoms with Crippen LogP contribution in [-0.4, -0.2) is 36.6 Å². The van der Waals surface area contributed by atoms with E-state index in [0.29, 0.717) is 0 Å². The number of hydrogen-bond donors (Lipinski definition) is 1. The summed E-state index contributed by atoms with van der Waals surface area (Å²) in [7, 11) is 0. The summed E-state index contributed by atoms with van der Waals surface area (Å²) in [5.41, 5.74) is -0.0674. The molecule has 0 saturated carbocycles. The maximum Gasteiger partial charge on any atom is 0.0767 e. The molecule has 11 heavy (non-hydrogen) atoms. The monoisotopic (exact) mass is 152 g/mol. The van der Waals surface area contributed by atoms with E-state index in [-0.39, 0.29) is 5.54 Å². The van der Waals surface area contributed by atoms with Crippen LogP contribution in [0.3, 0.4) is 0 Å². The van der Waals surface area contributed by atoms with Crippen LogP contribution in [0.5, 0.6) is 0 Å². The van der Waals surface area contributed by atoms with Crippen molar-refractivity contribution in [2.24, 2.45) is 0 Å². The molecule has 0 amide bonds. The maximum atomic E-state index is 5.43. The molecule has 0 aromatic heterocycles. The minimum absolute atomic E-state index is 0.0674. The Bertz CT molecular complexity index is 161. The van der Waals surface area contributed by atoms with E-state index < -0.39 is 0 Å². The van der Waals surface area contributed by atoms with Crippen LogP contribution in [0.2, 0.25) is 0 Å². The Morgan fingerprint density at radius 2 is 1.91 bits per heavy atom. The van der Waals surface area contributed by atoms with Crippen molar-refractivity contribution in [3.8, 4) is 12.3 Å². The first kappa shape index (κ1) is 8.58. The molecule has 2 heteroatoms. The molecule has 0 aromatic rings. The normalized spacial score (nSPS) is 21.2. The van der Waals surface area contributed by atoms with Crippen molar-refractivity contribution in [2.45, 2.75) is 19.4 Å². The van der Waals surface area contributed by atoms with Gasteiger partial charge in [-0.1, -0.05) is 5.92 Å². The van der Waals surface area contributed by atoms with Gasteiger partial charge in [-0.05, 0) is 13.8 Å². The highest BCUT2D eigenvalue weighted by molar-refractivity contribution is 5.09. The molecule has 1 fully saturated rings. The van der Waals surface area contributed by atoms with Gasteiger partial charge in [0.05, 0.1) is 5.54 Å². The van der Waals surface area contributed by atoms with E-state index in [1.54, 1.807) is 0 Å². The van der Waals surface area contributed by atoms with Gasteiger partial charge in [-0.25, -0.2) is 0 Å².